The number of nitrogens with two attached hydrogens (primary N) is 1. The van der Waals surface area contributed by atoms with Gasteiger partial charge in [0.05, 0.1) is 6.33 Å². The average Bonchev–Trinajstić information content (AvgIpc) is 2.93. The maximum atomic E-state index is 6.24. The lowest BCUT2D eigenvalue weighted by atomic mass is 10.0. The van der Waals surface area contributed by atoms with Crippen LogP contribution in [0.4, 0.5) is 0 Å². The molecule has 0 aliphatic carbocycles. The lowest BCUT2D eigenvalue weighted by Crippen LogP contribution is -2.14. The molecule has 2 atom stereocenters. The van der Waals surface area contributed by atoms with Gasteiger partial charge in [0.25, 0.3) is 0 Å². The van der Waals surface area contributed by atoms with Crippen LogP contribution in [0.15, 0.2) is 42.9 Å². The molecule has 0 bridgehead atoms. The van der Waals surface area contributed by atoms with Gasteiger partial charge >= 0.3 is 0 Å². The van der Waals surface area contributed by atoms with Crippen molar-refractivity contribution in [1.82, 2.24) is 9.55 Å². The summed E-state index contributed by atoms with van der Waals surface area (Å²) in [5.41, 5.74) is 8.75. The maximum absolute atomic E-state index is 6.24. The summed E-state index contributed by atoms with van der Waals surface area (Å²) >= 11 is 0. The van der Waals surface area contributed by atoms with Crippen molar-refractivity contribution < 1.29 is 0 Å². The third-order valence-electron chi connectivity index (χ3n) is 3.77. The zero-order valence-electron chi connectivity index (χ0n) is 11.8. The molecule has 0 aliphatic rings. The van der Waals surface area contributed by atoms with E-state index in [1.807, 2.05) is 30.7 Å². The molecule has 0 radical (unpaired) electrons. The molecule has 0 spiro atoms. The molecule has 1 aromatic heterocycles. The quantitative estimate of drug-likeness (QED) is 0.861. The van der Waals surface area contributed by atoms with E-state index in [0.29, 0.717) is 5.92 Å². The highest BCUT2D eigenvalue weighted by molar-refractivity contribution is 5.18. The molecule has 0 aliphatic heterocycles. The monoisotopic (exact) mass is 257 g/mol. The first-order valence-electron chi connectivity index (χ1n) is 7.03. The van der Waals surface area contributed by atoms with E-state index in [2.05, 4.69) is 35.5 Å². The van der Waals surface area contributed by atoms with Crippen molar-refractivity contribution in [2.45, 2.75) is 45.2 Å². The Balaban J connectivity index is 1.98. The molecule has 2 aromatic rings. The first-order valence-corrected chi connectivity index (χ1v) is 7.03. The summed E-state index contributed by atoms with van der Waals surface area (Å²) in [7, 11) is 0. The molecule has 2 rings (SSSR count). The van der Waals surface area contributed by atoms with Gasteiger partial charge in [0.15, 0.2) is 0 Å². The van der Waals surface area contributed by atoms with E-state index in [4.69, 9.17) is 5.73 Å². The number of aromatic nitrogens is 2. The van der Waals surface area contributed by atoms with Gasteiger partial charge in [-0.3, -0.25) is 0 Å². The number of aryl methyl sites for hydroxylation is 1. The van der Waals surface area contributed by atoms with Crippen molar-refractivity contribution in [2.24, 2.45) is 5.73 Å². The van der Waals surface area contributed by atoms with Crippen LogP contribution >= 0.6 is 0 Å². The topological polar surface area (TPSA) is 43.8 Å². The number of nitrogens with zero attached hydrogens (tertiary/aromatic N) is 2. The number of hydrogen-bond acceptors (Lipinski definition) is 2. The molecule has 0 amide bonds. The van der Waals surface area contributed by atoms with Gasteiger partial charge in [-0.25, -0.2) is 4.98 Å². The second-order valence-corrected chi connectivity index (χ2v) is 5.13. The predicted octanol–water partition coefficient (Wildman–Crippen LogP) is 3.49. The number of hydrogen-bond donors (Lipinski definition) is 1. The lowest BCUT2D eigenvalue weighted by Gasteiger charge is -2.16. The average molecular weight is 257 g/mol. The summed E-state index contributed by atoms with van der Waals surface area (Å²) in [5, 5.41) is 0. The fourth-order valence-electron chi connectivity index (χ4n) is 2.28. The zero-order chi connectivity index (χ0) is 13.7. The Labute approximate surface area is 115 Å². The number of benzene rings is 1. The van der Waals surface area contributed by atoms with E-state index in [-0.39, 0.29) is 6.04 Å². The second kappa shape index (κ2) is 6.53. The fraction of sp³-hybridized carbons (Fsp3) is 0.438. The summed E-state index contributed by atoms with van der Waals surface area (Å²) in [6.45, 7) is 5.37. The molecule has 2 N–H and O–H groups in total. The zero-order valence-corrected chi connectivity index (χ0v) is 11.8. The normalized spacial score (nSPS) is 14.3. The maximum Gasteiger partial charge on any atom is 0.0948 e. The van der Waals surface area contributed by atoms with Crippen LogP contribution in [0.2, 0.25) is 0 Å². The van der Waals surface area contributed by atoms with Crippen molar-refractivity contribution >= 4 is 0 Å². The van der Waals surface area contributed by atoms with Gasteiger partial charge in [0.1, 0.15) is 0 Å². The summed E-state index contributed by atoms with van der Waals surface area (Å²) in [5.74, 6) is 0.551. The van der Waals surface area contributed by atoms with Crippen molar-refractivity contribution in [1.29, 1.82) is 0 Å². The molecule has 3 nitrogen and oxygen atoms in total. The molecule has 1 aromatic carbocycles. The van der Waals surface area contributed by atoms with E-state index >= 15 is 0 Å². The van der Waals surface area contributed by atoms with Gasteiger partial charge in [-0.05, 0) is 24.3 Å². The summed E-state index contributed by atoms with van der Waals surface area (Å²) in [6, 6.07) is 10.4. The second-order valence-electron chi connectivity index (χ2n) is 5.13. The Morgan fingerprint density at radius 2 is 2.00 bits per heavy atom. The Hall–Kier alpha value is -1.61. The first kappa shape index (κ1) is 13.8. The minimum atomic E-state index is 0.0911. The molecule has 3 heteroatoms. The van der Waals surface area contributed by atoms with E-state index in [1.165, 1.54) is 11.3 Å². The lowest BCUT2D eigenvalue weighted by molar-refractivity contribution is 0.530. The van der Waals surface area contributed by atoms with Crippen LogP contribution in [0.5, 0.6) is 0 Å². The molecule has 0 saturated carbocycles. The van der Waals surface area contributed by atoms with Gasteiger partial charge in [0.2, 0.25) is 0 Å². The number of rotatable bonds is 6. The molecule has 19 heavy (non-hydrogen) atoms. The van der Waals surface area contributed by atoms with E-state index in [0.717, 1.165) is 19.4 Å². The molecule has 0 fully saturated rings. The highest BCUT2D eigenvalue weighted by Gasteiger charge is 2.11. The molecule has 1 heterocycles. The van der Waals surface area contributed by atoms with Gasteiger partial charge in [-0.1, -0.05) is 44.2 Å². The highest BCUT2D eigenvalue weighted by Crippen LogP contribution is 2.20. The standard InChI is InChI=1S/C16H23N3/c1-3-13(2)16-11-18-12-19(16)10-9-15(17)14-7-5-4-6-8-14/h4-8,11-13,15H,3,9-10,17H2,1-2H3. The van der Waals surface area contributed by atoms with Crippen molar-refractivity contribution in [2.75, 3.05) is 0 Å². The predicted molar refractivity (Wildman–Crippen MR) is 78.9 cm³/mol. The summed E-state index contributed by atoms with van der Waals surface area (Å²) in [6.07, 6.45) is 5.96. The van der Waals surface area contributed by atoms with Gasteiger partial charge in [-0.15, -0.1) is 0 Å². The van der Waals surface area contributed by atoms with Crippen LogP contribution in [-0.2, 0) is 6.54 Å². The Bertz CT molecular complexity index is 490. The highest BCUT2D eigenvalue weighted by atomic mass is 15.0. The Morgan fingerprint density at radius 1 is 1.26 bits per heavy atom. The summed E-state index contributed by atoms with van der Waals surface area (Å²) in [4.78, 5) is 4.26. The Morgan fingerprint density at radius 3 is 2.68 bits per heavy atom. The van der Waals surface area contributed by atoms with Crippen LogP contribution in [0.25, 0.3) is 0 Å². The van der Waals surface area contributed by atoms with Gasteiger partial charge in [-0.2, -0.15) is 0 Å². The minimum Gasteiger partial charge on any atom is -0.334 e. The van der Waals surface area contributed by atoms with Crippen LogP contribution in [-0.4, -0.2) is 9.55 Å². The molecule has 0 saturated heterocycles. The molecule has 2 unspecified atom stereocenters. The summed E-state index contributed by atoms with van der Waals surface area (Å²) < 4.78 is 2.23. The number of imidazole rings is 1. The van der Waals surface area contributed by atoms with Crippen molar-refractivity contribution in [3.05, 3.63) is 54.1 Å². The van der Waals surface area contributed by atoms with Gasteiger partial charge in [0, 0.05) is 24.5 Å². The molecular weight excluding hydrogens is 234 g/mol. The molecule has 102 valence electrons. The van der Waals surface area contributed by atoms with E-state index in [9.17, 15) is 0 Å². The SMILES string of the molecule is CCC(C)c1cncn1CCC(N)c1ccccc1. The molecular formula is C16H23N3. The first-order chi connectivity index (χ1) is 9.22. The van der Waals surface area contributed by atoms with Gasteiger partial charge < -0.3 is 10.3 Å². The largest absolute Gasteiger partial charge is 0.334 e. The van der Waals surface area contributed by atoms with Crippen LogP contribution in [0.1, 0.15) is 49.9 Å². The Kier molecular flexibility index (Phi) is 4.74. The fourth-order valence-corrected chi connectivity index (χ4v) is 2.28. The van der Waals surface area contributed by atoms with E-state index < -0.39 is 0 Å². The third kappa shape index (κ3) is 3.44. The third-order valence-corrected chi connectivity index (χ3v) is 3.77. The van der Waals surface area contributed by atoms with Crippen molar-refractivity contribution in [3.63, 3.8) is 0 Å². The minimum absolute atomic E-state index is 0.0911. The van der Waals surface area contributed by atoms with Crippen LogP contribution in [0.3, 0.4) is 0 Å². The smallest absolute Gasteiger partial charge is 0.0948 e. The van der Waals surface area contributed by atoms with E-state index in [1.54, 1.807) is 0 Å². The van der Waals surface area contributed by atoms with Crippen molar-refractivity contribution in [3.8, 4) is 0 Å². The van der Waals surface area contributed by atoms with Crippen LogP contribution in [0, 0.1) is 0 Å². The van der Waals surface area contributed by atoms with Crippen LogP contribution < -0.4 is 5.73 Å².